The molecule has 0 aliphatic rings. The maximum Gasteiger partial charge on any atom is 0.127 e. The van der Waals surface area contributed by atoms with Crippen LogP contribution in [0.25, 0.3) is 0 Å². The van der Waals surface area contributed by atoms with Crippen LogP contribution in [0.4, 0.5) is 4.39 Å². The van der Waals surface area contributed by atoms with E-state index < -0.39 is 0 Å². The minimum absolute atomic E-state index is 0.0508. The molecule has 0 radical (unpaired) electrons. The van der Waals surface area contributed by atoms with Gasteiger partial charge in [0.05, 0.1) is 0 Å². The highest BCUT2D eigenvalue weighted by Crippen LogP contribution is 2.29. The molecule has 17 heavy (non-hydrogen) atoms. The summed E-state index contributed by atoms with van der Waals surface area (Å²) in [7, 11) is 0. The maximum atomic E-state index is 13.6. The van der Waals surface area contributed by atoms with Gasteiger partial charge in [-0.15, -0.1) is 0 Å². The van der Waals surface area contributed by atoms with Crippen molar-refractivity contribution in [2.45, 2.75) is 18.9 Å². The predicted molar refractivity (Wildman–Crippen MR) is 66.0 cm³/mol. The summed E-state index contributed by atoms with van der Waals surface area (Å²) >= 11 is 0. The molecule has 0 bridgehead atoms. The quantitative estimate of drug-likeness (QED) is 0.880. The lowest BCUT2D eigenvalue weighted by Gasteiger charge is -2.21. The molecule has 0 aliphatic carbocycles. The van der Waals surface area contributed by atoms with E-state index in [9.17, 15) is 4.39 Å². The standard InChI is InChI=1S/C14H15FN2/c1-10(11-6-8-17-9-7-11)14(16)12-4-2-3-5-13(12)15/h2-10,14H,16H2,1H3. The van der Waals surface area contributed by atoms with Crippen LogP contribution < -0.4 is 5.73 Å². The second kappa shape index (κ2) is 5.06. The SMILES string of the molecule is CC(c1ccncc1)C(N)c1ccccc1F. The van der Waals surface area contributed by atoms with Crippen molar-refractivity contribution in [2.75, 3.05) is 0 Å². The average Bonchev–Trinajstić information content (AvgIpc) is 2.39. The van der Waals surface area contributed by atoms with Gasteiger partial charge in [-0.2, -0.15) is 0 Å². The Morgan fingerprint density at radius 2 is 1.76 bits per heavy atom. The lowest BCUT2D eigenvalue weighted by Crippen LogP contribution is -2.19. The molecule has 1 heterocycles. The molecule has 2 aromatic rings. The van der Waals surface area contributed by atoms with Crippen molar-refractivity contribution in [3.63, 3.8) is 0 Å². The maximum absolute atomic E-state index is 13.6. The molecule has 2 rings (SSSR count). The fraction of sp³-hybridized carbons (Fsp3) is 0.214. The van der Waals surface area contributed by atoms with E-state index in [-0.39, 0.29) is 17.8 Å². The van der Waals surface area contributed by atoms with Crippen LogP contribution in [-0.4, -0.2) is 4.98 Å². The van der Waals surface area contributed by atoms with E-state index >= 15 is 0 Å². The fourth-order valence-electron chi connectivity index (χ4n) is 1.89. The molecule has 88 valence electrons. The van der Waals surface area contributed by atoms with Gasteiger partial charge < -0.3 is 5.73 Å². The number of pyridine rings is 1. The van der Waals surface area contributed by atoms with Crippen molar-refractivity contribution in [1.82, 2.24) is 4.98 Å². The molecular weight excluding hydrogens is 215 g/mol. The topological polar surface area (TPSA) is 38.9 Å². The number of nitrogens with two attached hydrogens (primary N) is 1. The minimum Gasteiger partial charge on any atom is -0.323 e. The molecule has 0 saturated carbocycles. The van der Waals surface area contributed by atoms with Crippen LogP contribution >= 0.6 is 0 Å². The third-order valence-corrected chi connectivity index (χ3v) is 3.03. The molecule has 2 nitrogen and oxygen atoms in total. The van der Waals surface area contributed by atoms with E-state index in [1.54, 1.807) is 30.6 Å². The zero-order valence-electron chi connectivity index (χ0n) is 9.68. The number of rotatable bonds is 3. The molecule has 1 aromatic heterocycles. The van der Waals surface area contributed by atoms with E-state index in [2.05, 4.69) is 4.98 Å². The predicted octanol–water partition coefficient (Wildman–Crippen LogP) is 3.02. The lowest BCUT2D eigenvalue weighted by molar-refractivity contribution is 0.539. The van der Waals surface area contributed by atoms with Crippen molar-refractivity contribution in [3.05, 3.63) is 65.7 Å². The highest BCUT2D eigenvalue weighted by molar-refractivity contribution is 5.27. The number of nitrogens with zero attached hydrogens (tertiary/aromatic N) is 1. The Labute approximate surface area is 100 Å². The molecule has 0 fully saturated rings. The second-order valence-electron chi connectivity index (χ2n) is 4.12. The Hall–Kier alpha value is -1.74. The first-order valence-electron chi connectivity index (χ1n) is 5.60. The zero-order valence-corrected chi connectivity index (χ0v) is 9.68. The summed E-state index contributed by atoms with van der Waals surface area (Å²) in [5.74, 6) is -0.198. The number of halogens is 1. The average molecular weight is 230 g/mol. The molecule has 2 N–H and O–H groups in total. The van der Waals surface area contributed by atoms with Crippen molar-refractivity contribution in [3.8, 4) is 0 Å². The second-order valence-corrected chi connectivity index (χ2v) is 4.12. The van der Waals surface area contributed by atoms with Gasteiger partial charge in [-0.1, -0.05) is 25.1 Å². The van der Waals surface area contributed by atoms with Gasteiger partial charge in [-0.05, 0) is 23.8 Å². The summed E-state index contributed by atoms with van der Waals surface area (Å²) in [6.45, 7) is 1.99. The van der Waals surface area contributed by atoms with Gasteiger partial charge in [0.25, 0.3) is 0 Å². The molecule has 2 unspecified atom stereocenters. The van der Waals surface area contributed by atoms with Gasteiger partial charge in [-0.25, -0.2) is 4.39 Å². The molecule has 0 saturated heterocycles. The molecule has 0 spiro atoms. The molecule has 0 aliphatic heterocycles. The van der Waals surface area contributed by atoms with E-state index in [4.69, 9.17) is 5.73 Å². The summed E-state index contributed by atoms with van der Waals surface area (Å²) in [6.07, 6.45) is 3.44. The Kier molecular flexibility index (Phi) is 3.49. The van der Waals surface area contributed by atoms with Crippen molar-refractivity contribution >= 4 is 0 Å². The first-order valence-corrected chi connectivity index (χ1v) is 5.60. The molecule has 2 atom stereocenters. The van der Waals surface area contributed by atoms with E-state index in [0.717, 1.165) is 5.56 Å². The van der Waals surface area contributed by atoms with E-state index in [0.29, 0.717) is 5.56 Å². The molecule has 0 amide bonds. The highest BCUT2D eigenvalue weighted by Gasteiger charge is 2.19. The van der Waals surface area contributed by atoms with Crippen LogP contribution in [0.2, 0.25) is 0 Å². The van der Waals surface area contributed by atoms with Gasteiger partial charge in [0.2, 0.25) is 0 Å². The zero-order chi connectivity index (χ0) is 12.3. The Morgan fingerprint density at radius 1 is 1.12 bits per heavy atom. The van der Waals surface area contributed by atoms with Crippen molar-refractivity contribution in [1.29, 1.82) is 0 Å². The van der Waals surface area contributed by atoms with Gasteiger partial charge in [0.15, 0.2) is 0 Å². The summed E-state index contributed by atoms with van der Waals surface area (Å²) < 4.78 is 13.6. The fourth-order valence-corrected chi connectivity index (χ4v) is 1.89. The Morgan fingerprint density at radius 3 is 2.41 bits per heavy atom. The van der Waals surface area contributed by atoms with Crippen LogP contribution in [0, 0.1) is 5.82 Å². The van der Waals surface area contributed by atoms with Gasteiger partial charge >= 0.3 is 0 Å². The molecule has 1 aromatic carbocycles. The highest BCUT2D eigenvalue weighted by atomic mass is 19.1. The minimum atomic E-state index is -0.349. The summed E-state index contributed by atoms with van der Waals surface area (Å²) in [5.41, 5.74) is 7.73. The number of aromatic nitrogens is 1. The molecule has 3 heteroatoms. The number of hydrogen-bond acceptors (Lipinski definition) is 2. The van der Waals surface area contributed by atoms with Gasteiger partial charge in [0.1, 0.15) is 5.82 Å². The van der Waals surface area contributed by atoms with E-state index in [1.807, 2.05) is 19.1 Å². The van der Waals surface area contributed by atoms with Crippen molar-refractivity contribution < 1.29 is 4.39 Å². The first kappa shape index (κ1) is 11.7. The Balaban J connectivity index is 2.27. The van der Waals surface area contributed by atoms with Crippen LogP contribution in [0.1, 0.15) is 30.0 Å². The first-order chi connectivity index (χ1) is 8.20. The lowest BCUT2D eigenvalue weighted by atomic mass is 9.89. The third-order valence-electron chi connectivity index (χ3n) is 3.03. The van der Waals surface area contributed by atoms with Crippen LogP contribution in [0.5, 0.6) is 0 Å². The monoisotopic (exact) mass is 230 g/mol. The normalized spacial score (nSPS) is 14.3. The largest absolute Gasteiger partial charge is 0.323 e. The molecular formula is C14H15FN2. The van der Waals surface area contributed by atoms with Gasteiger partial charge in [-0.3, -0.25) is 4.98 Å². The smallest absolute Gasteiger partial charge is 0.127 e. The third kappa shape index (κ3) is 2.50. The van der Waals surface area contributed by atoms with E-state index in [1.165, 1.54) is 6.07 Å². The van der Waals surface area contributed by atoms with Gasteiger partial charge in [0, 0.05) is 29.9 Å². The summed E-state index contributed by atoms with van der Waals surface area (Å²) in [4.78, 5) is 3.96. The summed E-state index contributed by atoms with van der Waals surface area (Å²) in [6, 6.07) is 10.1. The number of hydrogen-bond donors (Lipinski definition) is 1. The van der Waals surface area contributed by atoms with Crippen molar-refractivity contribution in [2.24, 2.45) is 5.73 Å². The van der Waals surface area contributed by atoms with Crippen LogP contribution in [0.3, 0.4) is 0 Å². The van der Waals surface area contributed by atoms with Crippen LogP contribution in [-0.2, 0) is 0 Å². The Bertz CT molecular complexity index is 485. The number of benzene rings is 1. The summed E-state index contributed by atoms with van der Waals surface area (Å²) in [5, 5.41) is 0. The van der Waals surface area contributed by atoms with Crippen LogP contribution in [0.15, 0.2) is 48.8 Å².